The van der Waals surface area contributed by atoms with Gasteiger partial charge in [0.2, 0.25) is 0 Å². The number of nitrogens with one attached hydrogen (secondary N) is 3. The summed E-state index contributed by atoms with van der Waals surface area (Å²) >= 11 is 0. The van der Waals surface area contributed by atoms with Crippen LogP contribution in [0.25, 0.3) is 0 Å². The molecular weight excluding hydrogens is 190 g/mol. The van der Waals surface area contributed by atoms with Crippen molar-refractivity contribution in [2.45, 2.75) is 40.0 Å². The summed E-state index contributed by atoms with van der Waals surface area (Å²) in [5, 5.41) is 9.85. The molecule has 1 atom stereocenters. The van der Waals surface area contributed by atoms with E-state index >= 15 is 0 Å². The van der Waals surface area contributed by atoms with Gasteiger partial charge in [0.05, 0.1) is 6.04 Å². The van der Waals surface area contributed by atoms with E-state index in [1.54, 1.807) is 0 Å². The first-order valence-electron chi connectivity index (χ1n) is 5.79. The molecule has 15 heavy (non-hydrogen) atoms. The zero-order valence-corrected chi connectivity index (χ0v) is 10.1. The van der Waals surface area contributed by atoms with Crippen molar-refractivity contribution >= 4 is 5.78 Å². The predicted molar refractivity (Wildman–Crippen MR) is 61.4 cm³/mol. The van der Waals surface area contributed by atoms with Crippen molar-refractivity contribution in [1.82, 2.24) is 16.0 Å². The van der Waals surface area contributed by atoms with Gasteiger partial charge >= 0.3 is 0 Å². The summed E-state index contributed by atoms with van der Waals surface area (Å²) in [6.07, 6.45) is 0.0834. The van der Waals surface area contributed by atoms with E-state index in [1.807, 2.05) is 13.8 Å². The Kier molecular flexibility index (Phi) is 4.70. The lowest BCUT2D eigenvalue weighted by molar-refractivity contribution is -0.125. The van der Waals surface area contributed by atoms with Gasteiger partial charge in [-0.1, -0.05) is 27.7 Å². The molecule has 0 aromatic carbocycles. The van der Waals surface area contributed by atoms with Crippen LogP contribution in [-0.2, 0) is 4.79 Å². The molecule has 1 aliphatic heterocycles. The molecule has 1 saturated heterocycles. The Morgan fingerprint density at radius 1 is 1.20 bits per heavy atom. The average molecular weight is 213 g/mol. The molecule has 0 aromatic heterocycles. The van der Waals surface area contributed by atoms with Gasteiger partial charge in [-0.05, 0) is 5.92 Å². The van der Waals surface area contributed by atoms with Crippen molar-refractivity contribution in [3.05, 3.63) is 0 Å². The maximum Gasteiger partial charge on any atom is 0.152 e. The van der Waals surface area contributed by atoms with Gasteiger partial charge in [-0.25, -0.2) is 0 Å². The molecule has 0 radical (unpaired) electrons. The molecule has 0 unspecified atom stereocenters. The molecule has 0 aliphatic carbocycles. The van der Waals surface area contributed by atoms with Crippen molar-refractivity contribution in [1.29, 1.82) is 0 Å². The quantitative estimate of drug-likeness (QED) is 0.615. The summed E-state index contributed by atoms with van der Waals surface area (Å²) in [6, 6.07) is -0.0619. The highest BCUT2D eigenvalue weighted by molar-refractivity contribution is 5.85. The van der Waals surface area contributed by atoms with Crippen molar-refractivity contribution in [3.8, 4) is 0 Å². The lowest BCUT2D eigenvalue weighted by Gasteiger charge is -2.26. The van der Waals surface area contributed by atoms with Crippen LogP contribution in [0.15, 0.2) is 0 Å². The molecule has 1 heterocycles. The van der Waals surface area contributed by atoms with Crippen LogP contribution in [0.2, 0.25) is 0 Å². The largest absolute Gasteiger partial charge is 0.298 e. The summed E-state index contributed by atoms with van der Waals surface area (Å²) < 4.78 is 0. The maximum absolute atomic E-state index is 12.0. The summed E-state index contributed by atoms with van der Waals surface area (Å²) in [4.78, 5) is 12.0. The summed E-state index contributed by atoms with van der Waals surface area (Å²) in [7, 11) is 0. The van der Waals surface area contributed by atoms with Gasteiger partial charge in [0.15, 0.2) is 5.78 Å². The number of rotatable bonds is 5. The fourth-order valence-electron chi connectivity index (χ4n) is 1.76. The number of Topliss-reactive ketones (excluding diaryl/α,β-unsaturated/α-hetero) is 1. The summed E-state index contributed by atoms with van der Waals surface area (Å²) in [5.41, 5.74) is 0. The Morgan fingerprint density at radius 2 is 1.73 bits per heavy atom. The summed E-state index contributed by atoms with van der Waals surface area (Å²) in [6.45, 7) is 9.97. The van der Waals surface area contributed by atoms with Gasteiger partial charge in [-0.2, -0.15) is 0 Å². The molecule has 1 aliphatic rings. The molecule has 0 saturated carbocycles. The van der Waals surface area contributed by atoms with Gasteiger partial charge in [0, 0.05) is 19.0 Å². The van der Waals surface area contributed by atoms with E-state index in [9.17, 15) is 4.79 Å². The van der Waals surface area contributed by atoms with Crippen molar-refractivity contribution in [2.24, 2.45) is 11.8 Å². The van der Waals surface area contributed by atoms with Crippen molar-refractivity contribution in [2.75, 3.05) is 13.1 Å². The van der Waals surface area contributed by atoms with E-state index in [2.05, 4.69) is 29.8 Å². The van der Waals surface area contributed by atoms with Gasteiger partial charge in [0.1, 0.15) is 6.29 Å². The Balaban J connectivity index is 2.53. The molecule has 88 valence electrons. The van der Waals surface area contributed by atoms with E-state index in [0.717, 1.165) is 13.1 Å². The molecule has 3 N–H and O–H groups in total. The molecule has 0 aromatic rings. The lowest BCUT2D eigenvalue weighted by Crippen LogP contribution is -2.55. The highest BCUT2D eigenvalue weighted by Gasteiger charge is 2.27. The molecule has 0 bridgehead atoms. The third-order valence-corrected chi connectivity index (χ3v) is 2.71. The molecule has 1 fully saturated rings. The zero-order valence-electron chi connectivity index (χ0n) is 10.1. The topological polar surface area (TPSA) is 53.2 Å². The minimum absolute atomic E-state index is 0.0619. The minimum atomic E-state index is -0.0619. The Labute approximate surface area is 92.2 Å². The van der Waals surface area contributed by atoms with Crippen LogP contribution in [0.4, 0.5) is 0 Å². The van der Waals surface area contributed by atoms with E-state index in [4.69, 9.17) is 0 Å². The lowest BCUT2D eigenvalue weighted by atomic mass is 9.93. The van der Waals surface area contributed by atoms with Crippen LogP contribution in [0.5, 0.6) is 0 Å². The fraction of sp³-hybridized carbons (Fsp3) is 0.909. The van der Waals surface area contributed by atoms with Crippen molar-refractivity contribution < 1.29 is 4.79 Å². The second kappa shape index (κ2) is 5.58. The molecule has 0 amide bonds. The van der Waals surface area contributed by atoms with Crippen molar-refractivity contribution in [3.63, 3.8) is 0 Å². The number of carbonyl (C=O) groups is 1. The molecule has 0 spiro atoms. The van der Waals surface area contributed by atoms with E-state index in [0.29, 0.717) is 11.7 Å². The number of ketones is 1. The van der Waals surface area contributed by atoms with Crippen LogP contribution in [-0.4, -0.2) is 31.2 Å². The van der Waals surface area contributed by atoms with Crippen LogP contribution in [0.1, 0.15) is 27.7 Å². The van der Waals surface area contributed by atoms with Gasteiger partial charge in [0.25, 0.3) is 0 Å². The smallest absolute Gasteiger partial charge is 0.152 e. The summed E-state index contributed by atoms with van der Waals surface area (Å²) in [5.74, 6) is 0.705. The maximum atomic E-state index is 12.0. The van der Waals surface area contributed by atoms with Crippen LogP contribution < -0.4 is 16.0 Å². The van der Waals surface area contributed by atoms with Crippen LogP contribution >= 0.6 is 0 Å². The Bertz CT molecular complexity index is 210. The third-order valence-electron chi connectivity index (χ3n) is 2.71. The van der Waals surface area contributed by atoms with Gasteiger partial charge in [-0.3, -0.25) is 20.7 Å². The van der Waals surface area contributed by atoms with Gasteiger partial charge in [-0.15, -0.1) is 0 Å². The third kappa shape index (κ3) is 3.55. The molecule has 4 heteroatoms. The standard InChI is InChI=1S/C11H23N3O/c1-7(2)9(10(15)8(3)4)14-11-12-5-6-13-11/h7-9,11-14H,5-6H2,1-4H3/t9-/m1/s1. The first-order chi connectivity index (χ1) is 7.02. The van der Waals surface area contributed by atoms with Gasteiger partial charge < -0.3 is 0 Å². The average Bonchev–Trinajstić information content (AvgIpc) is 2.64. The highest BCUT2D eigenvalue weighted by atomic mass is 16.1. The van der Waals surface area contributed by atoms with Crippen LogP contribution in [0.3, 0.4) is 0 Å². The minimum Gasteiger partial charge on any atom is -0.298 e. The SMILES string of the molecule is CC(C)C(=O)[C@H](NC1NCCN1)C(C)C. The first-order valence-corrected chi connectivity index (χ1v) is 5.79. The highest BCUT2D eigenvalue weighted by Crippen LogP contribution is 2.09. The second-order valence-electron chi connectivity index (χ2n) is 4.79. The van der Waals surface area contributed by atoms with Crippen LogP contribution in [0, 0.1) is 11.8 Å². The van der Waals surface area contributed by atoms with E-state index in [-0.39, 0.29) is 18.2 Å². The second-order valence-corrected chi connectivity index (χ2v) is 4.79. The normalized spacial score (nSPS) is 20.1. The molecule has 4 nitrogen and oxygen atoms in total. The Morgan fingerprint density at radius 3 is 2.13 bits per heavy atom. The monoisotopic (exact) mass is 213 g/mol. The zero-order chi connectivity index (χ0) is 11.4. The van der Waals surface area contributed by atoms with E-state index < -0.39 is 0 Å². The Hall–Kier alpha value is -0.450. The van der Waals surface area contributed by atoms with E-state index in [1.165, 1.54) is 0 Å². The predicted octanol–water partition coefficient (Wildman–Crippen LogP) is 0.302. The number of hydrogen-bond acceptors (Lipinski definition) is 4. The first kappa shape index (κ1) is 12.6. The molecule has 1 rings (SSSR count). The number of carbonyl (C=O) groups excluding carboxylic acids is 1. The molecular formula is C11H23N3O. The fourth-order valence-corrected chi connectivity index (χ4v) is 1.76. The number of hydrogen-bond donors (Lipinski definition) is 3.